The molecule has 0 unspecified atom stereocenters. The second kappa shape index (κ2) is 7.04. The molecule has 4 aromatic rings. The van der Waals surface area contributed by atoms with Gasteiger partial charge >= 0.3 is 98.9 Å². The summed E-state index contributed by atoms with van der Waals surface area (Å²) in [5.41, 5.74) is 3.35. The van der Waals surface area contributed by atoms with E-state index in [-0.39, 0.29) is 17.1 Å². The van der Waals surface area contributed by atoms with Crippen LogP contribution in [0.3, 0.4) is 0 Å². The summed E-state index contributed by atoms with van der Waals surface area (Å²) in [6.45, 7) is 0. The normalized spacial score (nSPS) is 9.40. The van der Waals surface area contributed by atoms with Gasteiger partial charge < -0.3 is 0 Å². The van der Waals surface area contributed by atoms with Gasteiger partial charge in [-0.25, -0.2) is 12.1 Å². The van der Waals surface area contributed by atoms with Crippen LogP contribution in [0.4, 0.5) is 0 Å². The summed E-state index contributed by atoms with van der Waals surface area (Å²) in [6, 6.07) is 26.4. The maximum atomic E-state index is 4.34. The maximum absolute atomic E-state index is 4.34. The van der Waals surface area contributed by atoms with Crippen LogP contribution in [0.15, 0.2) is 78.9 Å². The third kappa shape index (κ3) is 3.16. The van der Waals surface area contributed by atoms with Gasteiger partial charge in [-0.3, -0.25) is 0 Å². The van der Waals surface area contributed by atoms with E-state index in [2.05, 4.69) is 27.6 Å². The number of rotatable bonds is 1. The summed E-state index contributed by atoms with van der Waals surface area (Å²) in [5.74, 6) is 0. The van der Waals surface area contributed by atoms with Crippen molar-refractivity contribution < 1.29 is 17.1 Å². The van der Waals surface area contributed by atoms with E-state index in [1.807, 2.05) is 67.9 Å². The summed E-state index contributed by atoms with van der Waals surface area (Å²) >= 11 is 0. The van der Waals surface area contributed by atoms with Crippen molar-refractivity contribution in [1.82, 2.24) is 9.37 Å². The van der Waals surface area contributed by atoms with Crippen molar-refractivity contribution in [3.8, 4) is 5.69 Å². The summed E-state index contributed by atoms with van der Waals surface area (Å²) in [4.78, 5) is 4.34. The molecule has 98 valence electrons. The smallest absolute Gasteiger partial charge is 0.172 e. The maximum Gasteiger partial charge on any atom is -0.172 e. The molecule has 0 saturated heterocycles. The average Bonchev–Trinajstić information content (AvgIpc) is 3.21. The summed E-state index contributed by atoms with van der Waals surface area (Å²) in [6.07, 6.45) is 0. The van der Waals surface area contributed by atoms with Crippen molar-refractivity contribution in [3.63, 3.8) is 0 Å². The second-order valence-electron chi connectivity index (χ2n) is 4.21. The van der Waals surface area contributed by atoms with E-state index in [0.717, 1.165) is 11.0 Å². The van der Waals surface area contributed by atoms with Crippen LogP contribution in [0, 0.1) is 0 Å². The molecule has 0 N–H and O–H groups in total. The second-order valence-corrected chi connectivity index (χ2v) is 4.21. The SMILES string of the molecule is [Fe+2].b1nc2ccccc2n1-[c-]1cccc1.c1cc[cH-]c1. The Morgan fingerprint density at radius 1 is 0.950 bits per heavy atom. The van der Waals surface area contributed by atoms with E-state index < -0.39 is 0 Å². The summed E-state index contributed by atoms with van der Waals surface area (Å²) in [7, 11) is 1.86. The number of nitrogens with zero attached hydrogens (tertiary/aromatic N) is 2. The van der Waals surface area contributed by atoms with Gasteiger partial charge in [-0.2, -0.15) is 18.2 Å². The van der Waals surface area contributed by atoms with Crippen LogP contribution in [-0.4, -0.2) is 16.6 Å². The Morgan fingerprint density at radius 3 is 2.30 bits per heavy atom. The monoisotopic (exact) mass is 300 g/mol. The van der Waals surface area contributed by atoms with E-state index in [1.54, 1.807) is 0 Å². The zero-order valence-electron chi connectivity index (χ0n) is 10.8. The molecular formula is C16H13BFeN2. The molecule has 0 spiro atoms. The largest absolute Gasteiger partial charge is 0.214 e. The predicted molar refractivity (Wildman–Crippen MR) is 80.0 cm³/mol. The van der Waals surface area contributed by atoms with Crippen molar-refractivity contribution in [1.29, 1.82) is 0 Å². The first-order valence-electron chi connectivity index (χ1n) is 6.26. The first-order chi connectivity index (χ1) is 9.45. The van der Waals surface area contributed by atoms with Crippen LogP contribution in [0.1, 0.15) is 0 Å². The fourth-order valence-corrected chi connectivity index (χ4v) is 2.01. The van der Waals surface area contributed by atoms with Gasteiger partial charge in [-0.15, -0.1) is 0 Å². The molecule has 0 saturated carbocycles. The third-order valence-corrected chi connectivity index (χ3v) is 2.93. The number of para-hydroxylation sites is 1. The van der Waals surface area contributed by atoms with Gasteiger partial charge in [0.1, 0.15) is 0 Å². The van der Waals surface area contributed by atoms with Crippen LogP contribution in [0.5, 0.6) is 0 Å². The summed E-state index contributed by atoms with van der Waals surface area (Å²) < 4.78 is 2.09. The summed E-state index contributed by atoms with van der Waals surface area (Å²) in [5, 5.41) is 0. The Hall–Kier alpha value is -1.90. The molecule has 3 aromatic carbocycles. The molecule has 2 nitrogen and oxygen atoms in total. The average molecular weight is 300 g/mol. The molecule has 0 bridgehead atoms. The van der Waals surface area contributed by atoms with Crippen LogP contribution in [0.25, 0.3) is 16.7 Å². The minimum absolute atomic E-state index is 0. The Balaban J connectivity index is 0.000000210. The fraction of sp³-hybridized carbons (Fsp3) is 0. The van der Waals surface area contributed by atoms with Gasteiger partial charge in [-0.1, -0.05) is 0 Å². The van der Waals surface area contributed by atoms with Crippen molar-refractivity contribution in [3.05, 3.63) is 78.9 Å². The standard InChI is InChI=1S/C11H8BN2.C5H5.Fe/c1-2-6-9(5-1)14-11-8-4-3-7-10(11)13-12-14;1-2-4-5-3-1;/h1-8H;1-5H;/q2*-1;+2. The minimum atomic E-state index is 0. The Kier molecular flexibility index (Phi) is 5.11. The van der Waals surface area contributed by atoms with Crippen molar-refractivity contribution in [2.75, 3.05) is 0 Å². The molecular weight excluding hydrogens is 287 g/mol. The van der Waals surface area contributed by atoms with Gasteiger partial charge in [0, 0.05) is 0 Å². The first-order valence-corrected chi connectivity index (χ1v) is 6.26. The number of aromatic nitrogens is 2. The molecule has 0 aliphatic rings. The fourth-order valence-electron chi connectivity index (χ4n) is 2.01. The van der Waals surface area contributed by atoms with Crippen molar-refractivity contribution in [2.45, 2.75) is 0 Å². The molecule has 20 heavy (non-hydrogen) atoms. The van der Waals surface area contributed by atoms with Crippen molar-refractivity contribution >= 4 is 18.2 Å². The van der Waals surface area contributed by atoms with Gasteiger partial charge in [0.2, 0.25) is 0 Å². The molecule has 0 aliphatic heterocycles. The molecule has 0 fully saturated rings. The molecule has 0 atom stereocenters. The van der Waals surface area contributed by atoms with Crippen molar-refractivity contribution in [2.24, 2.45) is 0 Å². The van der Waals surface area contributed by atoms with Crippen LogP contribution < -0.4 is 0 Å². The van der Waals surface area contributed by atoms with Crippen LogP contribution >= 0.6 is 0 Å². The molecule has 0 radical (unpaired) electrons. The Bertz CT molecular complexity index is 710. The Labute approximate surface area is 129 Å². The Morgan fingerprint density at radius 2 is 1.65 bits per heavy atom. The molecule has 0 aliphatic carbocycles. The molecule has 1 aromatic heterocycles. The zero-order valence-corrected chi connectivity index (χ0v) is 11.9. The molecule has 0 amide bonds. The quantitative estimate of drug-likeness (QED) is 0.389. The molecule has 1 heterocycles. The molecule has 4 rings (SSSR count). The predicted octanol–water partition coefficient (Wildman–Crippen LogP) is 3.49. The minimum Gasteiger partial charge on any atom is -0.214 e. The van der Waals surface area contributed by atoms with E-state index >= 15 is 0 Å². The number of hydrogen-bond donors (Lipinski definition) is 0. The number of hydrogen-bond acceptors (Lipinski definition) is 1. The first kappa shape index (κ1) is 14.5. The van der Waals surface area contributed by atoms with E-state index in [0.29, 0.717) is 0 Å². The molecule has 4 heteroatoms. The van der Waals surface area contributed by atoms with E-state index in [1.165, 1.54) is 5.69 Å². The van der Waals surface area contributed by atoms with Crippen LogP contribution in [-0.2, 0) is 17.1 Å². The number of benzene rings is 1. The van der Waals surface area contributed by atoms with Gasteiger partial charge in [0.05, 0.1) is 0 Å². The van der Waals surface area contributed by atoms with Gasteiger partial charge in [-0.05, 0) is 0 Å². The zero-order chi connectivity index (χ0) is 12.9. The van der Waals surface area contributed by atoms with E-state index in [9.17, 15) is 0 Å². The van der Waals surface area contributed by atoms with E-state index in [4.69, 9.17) is 0 Å². The van der Waals surface area contributed by atoms with Gasteiger partial charge in [0.15, 0.2) is 0 Å². The van der Waals surface area contributed by atoms with Crippen LogP contribution in [0.2, 0.25) is 0 Å². The third-order valence-electron chi connectivity index (χ3n) is 2.93. The number of fused-ring (bicyclic) bond motifs is 1. The topological polar surface area (TPSA) is 17.8 Å². The van der Waals surface area contributed by atoms with Gasteiger partial charge in [0.25, 0.3) is 0 Å².